The first-order valence-electron chi connectivity index (χ1n) is 9.07. The van der Waals surface area contributed by atoms with Gasteiger partial charge in [-0.2, -0.15) is 0 Å². The van der Waals surface area contributed by atoms with E-state index >= 15 is 0 Å². The average molecular weight is 334 g/mol. The van der Waals surface area contributed by atoms with Gasteiger partial charge in [0.05, 0.1) is 11.4 Å². The third kappa shape index (κ3) is 3.65. The van der Waals surface area contributed by atoms with Crippen LogP contribution in [0.3, 0.4) is 0 Å². The van der Waals surface area contributed by atoms with Gasteiger partial charge in [-0.1, -0.05) is 58.0 Å². The molecule has 0 fully saturated rings. The Morgan fingerprint density at radius 1 is 0.960 bits per heavy atom. The Kier molecular flexibility index (Phi) is 5.03. The molecule has 3 rings (SSSR count). The Morgan fingerprint density at radius 2 is 1.64 bits per heavy atom. The molecule has 0 saturated carbocycles. The summed E-state index contributed by atoms with van der Waals surface area (Å²) in [6, 6.07) is 16.1. The molecule has 0 radical (unpaired) electrons. The van der Waals surface area contributed by atoms with Gasteiger partial charge in [0, 0.05) is 12.1 Å². The van der Waals surface area contributed by atoms with Crippen LogP contribution in [0.15, 0.2) is 53.5 Å². The van der Waals surface area contributed by atoms with Crippen molar-refractivity contribution in [3.8, 4) is 0 Å². The second-order valence-electron chi connectivity index (χ2n) is 7.36. The van der Waals surface area contributed by atoms with Crippen LogP contribution in [0, 0.1) is 5.92 Å². The molecular weight excluding hydrogens is 308 g/mol. The van der Waals surface area contributed by atoms with Crippen molar-refractivity contribution in [3.63, 3.8) is 0 Å². The minimum Gasteiger partial charge on any atom is -0.306 e. The predicted octanol–water partition coefficient (Wildman–Crippen LogP) is 5.32. The minimum atomic E-state index is 0.00906. The van der Waals surface area contributed by atoms with Crippen molar-refractivity contribution in [1.82, 2.24) is 0 Å². The maximum absolute atomic E-state index is 12.9. The highest BCUT2D eigenvalue weighted by atomic mass is 16.2. The number of carbonyl (C=O) groups is 1. The van der Waals surface area contributed by atoms with Crippen LogP contribution in [-0.2, 0) is 4.79 Å². The lowest BCUT2D eigenvalue weighted by Crippen LogP contribution is -2.31. The number of aliphatic imine (C=N–C) groups is 1. The lowest BCUT2D eigenvalue weighted by Gasteiger charge is -2.17. The predicted molar refractivity (Wildman–Crippen MR) is 105 cm³/mol. The zero-order valence-corrected chi connectivity index (χ0v) is 15.5. The van der Waals surface area contributed by atoms with Crippen LogP contribution in [0.25, 0.3) is 0 Å². The third-order valence-electron chi connectivity index (χ3n) is 4.63. The molecule has 3 nitrogen and oxygen atoms in total. The van der Waals surface area contributed by atoms with Crippen LogP contribution in [-0.4, -0.2) is 18.2 Å². The quantitative estimate of drug-likeness (QED) is 0.728. The number of anilines is 1. The van der Waals surface area contributed by atoms with Gasteiger partial charge >= 0.3 is 0 Å². The molecule has 25 heavy (non-hydrogen) atoms. The van der Waals surface area contributed by atoms with Gasteiger partial charge in [0.15, 0.2) is 0 Å². The smallest absolute Gasteiger partial charge is 0.277 e. The number of nitrogens with zero attached hydrogens (tertiary/aromatic N) is 2. The Morgan fingerprint density at radius 3 is 2.28 bits per heavy atom. The van der Waals surface area contributed by atoms with E-state index in [0.717, 1.165) is 29.9 Å². The molecule has 2 aromatic carbocycles. The number of rotatable bonds is 5. The topological polar surface area (TPSA) is 32.7 Å². The van der Waals surface area contributed by atoms with Gasteiger partial charge in [-0.05, 0) is 42.0 Å². The fourth-order valence-corrected chi connectivity index (χ4v) is 3.04. The third-order valence-corrected chi connectivity index (χ3v) is 4.63. The van der Waals surface area contributed by atoms with Crippen molar-refractivity contribution >= 4 is 23.0 Å². The summed E-state index contributed by atoms with van der Waals surface area (Å²) >= 11 is 0. The van der Waals surface area contributed by atoms with Gasteiger partial charge in [-0.15, -0.1) is 0 Å². The molecule has 0 N–H and O–H groups in total. The molecular formula is C22H26N2O. The first-order valence-corrected chi connectivity index (χ1v) is 9.07. The summed E-state index contributed by atoms with van der Waals surface area (Å²) in [6.45, 7) is 9.43. The Labute approximate surface area is 150 Å². The van der Waals surface area contributed by atoms with Crippen LogP contribution in [0.1, 0.15) is 51.2 Å². The Balaban J connectivity index is 1.94. The summed E-state index contributed by atoms with van der Waals surface area (Å²) in [7, 11) is 0. The van der Waals surface area contributed by atoms with E-state index in [-0.39, 0.29) is 5.91 Å². The van der Waals surface area contributed by atoms with Crippen molar-refractivity contribution in [2.45, 2.75) is 40.0 Å². The van der Waals surface area contributed by atoms with Gasteiger partial charge in [-0.25, -0.2) is 4.99 Å². The first kappa shape index (κ1) is 17.4. The number of benzene rings is 2. The van der Waals surface area contributed by atoms with Crippen LogP contribution in [0.2, 0.25) is 0 Å². The Bertz CT molecular complexity index is 788. The van der Waals surface area contributed by atoms with Crippen LogP contribution in [0.5, 0.6) is 0 Å². The molecule has 1 amide bonds. The number of para-hydroxylation sites is 1. The van der Waals surface area contributed by atoms with Crippen molar-refractivity contribution < 1.29 is 4.79 Å². The van der Waals surface area contributed by atoms with E-state index in [9.17, 15) is 4.79 Å². The molecule has 130 valence electrons. The second kappa shape index (κ2) is 7.22. The summed E-state index contributed by atoms with van der Waals surface area (Å²) in [5.41, 5.74) is 4.57. The largest absolute Gasteiger partial charge is 0.306 e. The van der Waals surface area contributed by atoms with Crippen molar-refractivity contribution in [2.75, 3.05) is 11.4 Å². The number of amides is 1. The second-order valence-corrected chi connectivity index (χ2v) is 7.36. The molecule has 0 saturated heterocycles. The highest BCUT2D eigenvalue weighted by Gasteiger charge is 2.33. The molecule has 3 heteroatoms. The molecule has 1 aliphatic heterocycles. The monoisotopic (exact) mass is 334 g/mol. The van der Waals surface area contributed by atoms with E-state index in [0.29, 0.717) is 17.5 Å². The van der Waals surface area contributed by atoms with E-state index in [2.05, 4.69) is 44.8 Å². The highest BCUT2D eigenvalue weighted by Crippen LogP contribution is 2.31. The van der Waals surface area contributed by atoms with E-state index in [1.807, 2.05) is 41.3 Å². The molecule has 0 spiro atoms. The zero-order valence-electron chi connectivity index (χ0n) is 15.5. The number of hydrogen-bond acceptors (Lipinski definition) is 2. The molecule has 1 aliphatic rings. The molecule has 0 aliphatic carbocycles. The molecule has 0 bridgehead atoms. The van der Waals surface area contributed by atoms with Crippen LogP contribution in [0.4, 0.5) is 11.4 Å². The fraction of sp³-hybridized carbons (Fsp3) is 0.364. The summed E-state index contributed by atoms with van der Waals surface area (Å²) in [5, 5.41) is 0. The minimum absolute atomic E-state index is 0.00906. The number of carbonyl (C=O) groups excluding carboxylic acids is 1. The SMILES string of the molecule is CC(C)CCN1C(=O)C(=Nc2ccc(C(C)C)cc2)c2ccccc21. The van der Waals surface area contributed by atoms with Crippen molar-refractivity contribution in [3.05, 3.63) is 59.7 Å². The summed E-state index contributed by atoms with van der Waals surface area (Å²) in [6.07, 6.45) is 0.983. The lowest BCUT2D eigenvalue weighted by molar-refractivity contribution is -0.112. The number of hydrogen-bond donors (Lipinski definition) is 0. The van der Waals surface area contributed by atoms with Crippen LogP contribution < -0.4 is 4.90 Å². The first-order chi connectivity index (χ1) is 12.0. The van der Waals surface area contributed by atoms with Crippen molar-refractivity contribution in [2.24, 2.45) is 10.9 Å². The molecule has 0 aromatic heterocycles. The van der Waals surface area contributed by atoms with Gasteiger partial charge in [-0.3, -0.25) is 4.79 Å². The standard InChI is InChI=1S/C22H26N2O/c1-15(2)13-14-24-20-8-6-5-7-19(20)21(22(24)25)23-18-11-9-17(10-12-18)16(3)4/h5-12,15-16H,13-14H2,1-4H3. The van der Waals surface area contributed by atoms with Crippen LogP contribution >= 0.6 is 0 Å². The van der Waals surface area contributed by atoms with Gasteiger partial charge in [0.1, 0.15) is 5.71 Å². The van der Waals surface area contributed by atoms with Gasteiger partial charge in [0.2, 0.25) is 0 Å². The van der Waals surface area contributed by atoms with E-state index < -0.39 is 0 Å². The van der Waals surface area contributed by atoms with Gasteiger partial charge in [0.25, 0.3) is 5.91 Å². The maximum atomic E-state index is 12.9. The molecule has 0 unspecified atom stereocenters. The van der Waals surface area contributed by atoms with E-state index in [4.69, 9.17) is 0 Å². The fourth-order valence-electron chi connectivity index (χ4n) is 3.04. The zero-order chi connectivity index (χ0) is 18.0. The Hall–Kier alpha value is -2.42. The lowest BCUT2D eigenvalue weighted by atomic mass is 10.0. The number of fused-ring (bicyclic) bond motifs is 1. The normalized spacial score (nSPS) is 15.5. The van der Waals surface area contributed by atoms with Crippen molar-refractivity contribution in [1.29, 1.82) is 0 Å². The van der Waals surface area contributed by atoms with E-state index in [1.54, 1.807) is 0 Å². The molecule has 2 aromatic rings. The van der Waals surface area contributed by atoms with E-state index in [1.165, 1.54) is 5.56 Å². The highest BCUT2D eigenvalue weighted by molar-refractivity contribution is 6.54. The summed E-state index contributed by atoms with van der Waals surface area (Å²) in [4.78, 5) is 19.5. The maximum Gasteiger partial charge on any atom is 0.277 e. The summed E-state index contributed by atoms with van der Waals surface area (Å²) < 4.78 is 0. The average Bonchev–Trinajstić information content (AvgIpc) is 2.85. The summed E-state index contributed by atoms with van der Waals surface area (Å²) in [5.74, 6) is 1.06. The van der Waals surface area contributed by atoms with Gasteiger partial charge < -0.3 is 4.90 Å². The molecule has 1 heterocycles. The molecule has 0 atom stereocenters.